The van der Waals surface area contributed by atoms with E-state index in [0.717, 1.165) is 17.7 Å². The van der Waals surface area contributed by atoms with E-state index in [9.17, 15) is 9.18 Å². The fourth-order valence-corrected chi connectivity index (χ4v) is 4.15. The first-order chi connectivity index (χ1) is 16.5. The molecule has 5 rings (SSSR count). The van der Waals surface area contributed by atoms with Crippen LogP contribution in [-0.4, -0.2) is 16.2 Å². The maximum absolute atomic E-state index is 13.4. The largest absolute Gasteiger partial charge is 0.334 e. The van der Waals surface area contributed by atoms with Gasteiger partial charge in [0, 0.05) is 11.3 Å². The van der Waals surface area contributed by atoms with Gasteiger partial charge in [-0.3, -0.25) is 4.90 Å². The second-order valence-electron chi connectivity index (χ2n) is 8.08. The summed E-state index contributed by atoms with van der Waals surface area (Å²) in [4.78, 5) is 19.4. The minimum Gasteiger partial charge on any atom is -0.334 e. The standard InChI is InChI=1S/C27H23FN4O2/c1-3-18-9-11-19(12-10-18)24-23(17(2)32(27(33)29-24)22-7-5-4-6-8-22)26-30-25(31-34-26)20-13-15-21(28)16-14-20/h4-16,24H,3H2,1-2H3,(H,29,33). The highest BCUT2D eigenvalue weighted by Crippen LogP contribution is 2.39. The number of amides is 2. The highest BCUT2D eigenvalue weighted by atomic mass is 19.1. The molecule has 1 N–H and O–H groups in total. The monoisotopic (exact) mass is 454 g/mol. The number of para-hydroxylation sites is 1. The van der Waals surface area contributed by atoms with E-state index in [1.54, 1.807) is 17.0 Å². The van der Waals surface area contributed by atoms with Crippen molar-refractivity contribution in [3.63, 3.8) is 0 Å². The maximum Gasteiger partial charge on any atom is 0.326 e. The maximum atomic E-state index is 13.4. The zero-order valence-corrected chi connectivity index (χ0v) is 18.8. The number of benzene rings is 3. The van der Waals surface area contributed by atoms with Gasteiger partial charge in [0.2, 0.25) is 5.82 Å². The first-order valence-electron chi connectivity index (χ1n) is 11.1. The van der Waals surface area contributed by atoms with Gasteiger partial charge in [0.1, 0.15) is 5.82 Å². The molecule has 0 saturated carbocycles. The number of nitrogens with one attached hydrogen (secondary N) is 1. The van der Waals surface area contributed by atoms with E-state index >= 15 is 0 Å². The van der Waals surface area contributed by atoms with Gasteiger partial charge in [0.05, 0.1) is 17.3 Å². The quantitative estimate of drug-likeness (QED) is 0.393. The van der Waals surface area contributed by atoms with Gasteiger partial charge in [-0.25, -0.2) is 9.18 Å². The number of urea groups is 1. The summed E-state index contributed by atoms with van der Waals surface area (Å²) in [6.45, 7) is 3.97. The molecule has 6 nitrogen and oxygen atoms in total. The molecule has 1 aliphatic heterocycles. The molecule has 2 amide bonds. The summed E-state index contributed by atoms with van der Waals surface area (Å²) in [7, 11) is 0. The van der Waals surface area contributed by atoms with Gasteiger partial charge in [-0.05, 0) is 60.9 Å². The van der Waals surface area contributed by atoms with Crippen molar-refractivity contribution < 1.29 is 13.7 Å². The van der Waals surface area contributed by atoms with E-state index < -0.39 is 6.04 Å². The minimum absolute atomic E-state index is 0.240. The van der Waals surface area contributed by atoms with Crippen LogP contribution >= 0.6 is 0 Å². The van der Waals surface area contributed by atoms with Crippen LogP contribution in [0.4, 0.5) is 14.9 Å². The Morgan fingerprint density at radius 2 is 1.71 bits per heavy atom. The number of rotatable bonds is 5. The van der Waals surface area contributed by atoms with Crippen molar-refractivity contribution in [3.05, 3.63) is 107 Å². The number of halogens is 1. The Bertz CT molecular complexity index is 1350. The van der Waals surface area contributed by atoms with E-state index in [1.165, 1.54) is 17.7 Å². The van der Waals surface area contributed by atoms with Crippen molar-refractivity contribution in [1.82, 2.24) is 15.5 Å². The summed E-state index contributed by atoms with van der Waals surface area (Å²) in [6.07, 6.45) is 0.922. The van der Waals surface area contributed by atoms with Gasteiger partial charge < -0.3 is 9.84 Å². The summed E-state index contributed by atoms with van der Waals surface area (Å²) in [6, 6.07) is 22.7. The van der Waals surface area contributed by atoms with Crippen molar-refractivity contribution in [2.45, 2.75) is 26.3 Å². The van der Waals surface area contributed by atoms with Gasteiger partial charge in [-0.15, -0.1) is 0 Å². The normalized spacial score (nSPS) is 16.0. The number of allylic oxidation sites excluding steroid dienone is 1. The molecule has 0 bridgehead atoms. The van der Waals surface area contributed by atoms with Gasteiger partial charge >= 0.3 is 6.03 Å². The Labute approximate surface area is 196 Å². The first kappa shape index (κ1) is 21.6. The number of nitrogens with zero attached hydrogens (tertiary/aromatic N) is 3. The van der Waals surface area contributed by atoms with Crippen molar-refractivity contribution in [1.29, 1.82) is 0 Å². The predicted molar refractivity (Wildman–Crippen MR) is 128 cm³/mol. The van der Waals surface area contributed by atoms with Crippen LogP contribution < -0.4 is 10.2 Å². The molecule has 0 aliphatic carbocycles. The lowest BCUT2D eigenvalue weighted by Gasteiger charge is -2.35. The molecule has 1 unspecified atom stereocenters. The highest BCUT2D eigenvalue weighted by Gasteiger charge is 2.36. The van der Waals surface area contributed by atoms with Crippen molar-refractivity contribution in [3.8, 4) is 11.4 Å². The fraction of sp³-hybridized carbons (Fsp3) is 0.148. The van der Waals surface area contributed by atoms with E-state index in [0.29, 0.717) is 28.5 Å². The zero-order chi connectivity index (χ0) is 23.7. The number of aromatic nitrogens is 2. The molecule has 0 spiro atoms. The lowest BCUT2D eigenvalue weighted by atomic mass is 9.93. The van der Waals surface area contributed by atoms with Crippen molar-refractivity contribution >= 4 is 17.3 Å². The molecule has 1 atom stereocenters. The lowest BCUT2D eigenvalue weighted by Crippen LogP contribution is -2.46. The van der Waals surface area contributed by atoms with Crippen LogP contribution in [0.15, 0.2) is 89.1 Å². The number of anilines is 1. The summed E-state index contributed by atoms with van der Waals surface area (Å²) in [5.41, 5.74) is 4.87. The molecule has 0 fully saturated rings. The van der Waals surface area contributed by atoms with E-state index in [4.69, 9.17) is 4.52 Å². The third-order valence-electron chi connectivity index (χ3n) is 5.98. The van der Waals surface area contributed by atoms with Gasteiger partial charge in [-0.1, -0.05) is 54.5 Å². The number of carbonyl (C=O) groups is 1. The molecule has 3 aromatic carbocycles. The summed E-state index contributed by atoms with van der Waals surface area (Å²) < 4.78 is 19.1. The number of aryl methyl sites for hydroxylation is 1. The smallest absolute Gasteiger partial charge is 0.326 e. The molecule has 170 valence electrons. The molecule has 1 aromatic heterocycles. The third kappa shape index (κ3) is 3.96. The van der Waals surface area contributed by atoms with E-state index in [2.05, 4.69) is 34.5 Å². The topological polar surface area (TPSA) is 71.3 Å². The Morgan fingerprint density at radius 1 is 1.00 bits per heavy atom. The minimum atomic E-state index is -0.472. The van der Waals surface area contributed by atoms with Crippen LogP contribution in [0.3, 0.4) is 0 Å². The second-order valence-corrected chi connectivity index (χ2v) is 8.08. The Kier molecular flexibility index (Phi) is 5.67. The van der Waals surface area contributed by atoms with Gasteiger partial charge in [0.15, 0.2) is 0 Å². The summed E-state index contributed by atoms with van der Waals surface area (Å²) in [5, 5.41) is 7.23. The van der Waals surface area contributed by atoms with Crippen LogP contribution in [0, 0.1) is 5.82 Å². The number of hydrogen-bond acceptors (Lipinski definition) is 4. The number of hydrogen-bond donors (Lipinski definition) is 1. The zero-order valence-electron chi connectivity index (χ0n) is 18.8. The molecular formula is C27H23FN4O2. The SMILES string of the molecule is CCc1ccc(C2NC(=O)N(c3ccccc3)C(C)=C2c2nc(-c3ccc(F)cc3)no2)cc1. The molecule has 2 heterocycles. The fourth-order valence-electron chi connectivity index (χ4n) is 4.15. The van der Waals surface area contributed by atoms with Crippen LogP contribution in [0.25, 0.3) is 17.0 Å². The Balaban J connectivity index is 1.63. The highest BCUT2D eigenvalue weighted by molar-refractivity contribution is 6.01. The molecule has 7 heteroatoms. The second kappa shape index (κ2) is 8.94. The average Bonchev–Trinajstić information content (AvgIpc) is 3.34. The van der Waals surface area contributed by atoms with Crippen molar-refractivity contribution in [2.24, 2.45) is 0 Å². The van der Waals surface area contributed by atoms with E-state index in [-0.39, 0.29) is 11.8 Å². The van der Waals surface area contributed by atoms with Crippen LogP contribution in [-0.2, 0) is 6.42 Å². The molecule has 1 aliphatic rings. The molecule has 34 heavy (non-hydrogen) atoms. The summed E-state index contributed by atoms with van der Waals surface area (Å²) in [5.74, 6) is 0.302. The number of carbonyl (C=O) groups excluding carboxylic acids is 1. The third-order valence-corrected chi connectivity index (χ3v) is 5.98. The molecular weight excluding hydrogens is 431 g/mol. The van der Waals surface area contributed by atoms with E-state index in [1.807, 2.05) is 49.4 Å². The van der Waals surface area contributed by atoms with Gasteiger partial charge in [0.25, 0.3) is 5.89 Å². The molecule has 4 aromatic rings. The average molecular weight is 455 g/mol. The molecule has 0 radical (unpaired) electrons. The molecule has 0 saturated heterocycles. The van der Waals surface area contributed by atoms with Crippen LogP contribution in [0.2, 0.25) is 0 Å². The van der Waals surface area contributed by atoms with Crippen LogP contribution in [0.1, 0.15) is 36.9 Å². The van der Waals surface area contributed by atoms with Gasteiger partial charge in [-0.2, -0.15) is 4.98 Å². The predicted octanol–water partition coefficient (Wildman–Crippen LogP) is 6.14. The summed E-state index contributed by atoms with van der Waals surface area (Å²) >= 11 is 0. The Morgan fingerprint density at radius 3 is 2.38 bits per heavy atom. The Hall–Kier alpha value is -4.26. The first-order valence-corrected chi connectivity index (χ1v) is 11.1. The van der Waals surface area contributed by atoms with Crippen LogP contribution in [0.5, 0.6) is 0 Å². The lowest BCUT2D eigenvalue weighted by molar-refractivity contribution is 0.244. The van der Waals surface area contributed by atoms with Crippen molar-refractivity contribution in [2.75, 3.05) is 4.90 Å².